The fraction of sp³-hybridized carbons (Fsp3) is 0.368. The highest BCUT2D eigenvalue weighted by atomic mass is 35.5. The first-order chi connectivity index (χ1) is 12.5. The van der Waals surface area contributed by atoms with E-state index in [4.69, 9.17) is 21.6 Å². The van der Waals surface area contributed by atoms with Crippen LogP contribution in [-0.4, -0.2) is 28.0 Å². The maximum absolute atomic E-state index is 12.2. The number of nitrogens with zero attached hydrogens (tertiary/aromatic N) is 3. The molecular weight excluding hydrogens is 352 g/mol. The number of hydrogen-bond donors (Lipinski definition) is 1. The van der Waals surface area contributed by atoms with Crippen LogP contribution >= 0.6 is 11.6 Å². The van der Waals surface area contributed by atoms with Crippen molar-refractivity contribution in [2.75, 3.05) is 0 Å². The Balaban J connectivity index is 1.49. The molecule has 2 aromatic rings. The summed E-state index contributed by atoms with van der Waals surface area (Å²) >= 11 is 6.03. The second-order valence-corrected chi connectivity index (χ2v) is 6.81. The number of carbonyl (C=O) groups excluding carboxylic acids is 1. The minimum atomic E-state index is -0.242. The number of hydrogen-bond acceptors (Lipinski definition) is 5. The van der Waals surface area contributed by atoms with E-state index >= 15 is 0 Å². The molecule has 1 aliphatic rings. The van der Waals surface area contributed by atoms with Gasteiger partial charge in [0, 0.05) is 24.5 Å². The maximum Gasteiger partial charge on any atom is 0.289 e. The quantitative estimate of drug-likeness (QED) is 0.890. The molecule has 7 heteroatoms. The van der Waals surface area contributed by atoms with Crippen molar-refractivity contribution in [3.63, 3.8) is 0 Å². The third kappa shape index (κ3) is 4.50. The Morgan fingerprint density at radius 1 is 1.27 bits per heavy atom. The molecule has 1 fully saturated rings. The molecule has 1 heterocycles. The van der Waals surface area contributed by atoms with Crippen LogP contribution in [0.25, 0.3) is 0 Å². The van der Waals surface area contributed by atoms with Crippen LogP contribution in [-0.2, 0) is 0 Å². The first kappa shape index (κ1) is 18.2. The Bertz CT molecular complexity index is 824. The number of nitrogens with one attached hydrogen (secondary N) is 1. The Hall–Kier alpha value is -2.65. The van der Waals surface area contributed by atoms with E-state index < -0.39 is 0 Å². The highest BCUT2D eigenvalue weighted by Crippen LogP contribution is 2.27. The molecule has 1 aliphatic carbocycles. The van der Waals surface area contributed by atoms with Crippen molar-refractivity contribution in [2.45, 2.75) is 44.8 Å². The summed E-state index contributed by atoms with van der Waals surface area (Å²) in [6.07, 6.45) is 6.65. The van der Waals surface area contributed by atoms with Gasteiger partial charge >= 0.3 is 0 Å². The molecule has 1 N–H and O–H groups in total. The lowest BCUT2D eigenvalue weighted by Crippen LogP contribution is -2.40. The average molecular weight is 371 g/mol. The molecule has 0 radical (unpaired) electrons. The first-order valence-corrected chi connectivity index (χ1v) is 8.89. The van der Waals surface area contributed by atoms with Crippen molar-refractivity contribution < 1.29 is 9.53 Å². The van der Waals surface area contributed by atoms with Crippen molar-refractivity contribution in [3.8, 4) is 11.8 Å². The Morgan fingerprint density at radius 3 is 2.58 bits per heavy atom. The summed E-state index contributed by atoms with van der Waals surface area (Å²) in [5, 5.41) is 12.3. The van der Waals surface area contributed by atoms with Gasteiger partial charge in [-0.2, -0.15) is 5.26 Å². The average Bonchev–Trinajstić information content (AvgIpc) is 2.64. The molecule has 6 nitrogen and oxygen atoms in total. The summed E-state index contributed by atoms with van der Waals surface area (Å²) in [5.74, 6) is 0.615. The zero-order valence-corrected chi connectivity index (χ0v) is 15.2. The number of nitriles is 1. The molecule has 134 valence electrons. The molecular formula is C19H19ClN4O2. The van der Waals surface area contributed by atoms with Crippen molar-refractivity contribution in [1.82, 2.24) is 15.3 Å². The summed E-state index contributed by atoms with van der Waals surface area (Å²) in [5.41, 5.74) is 1.35. The zero-order valence-electron chi connectivity index (χ0n) is 14.4. The molecule has 0 aliphatic heterocycles. The number of carbonyl (C=O) groups is 1. The van der Waals surface area contributed by atoms with E-state index in [1.165, 1.54) is 0 Å². The number of amides is 1. The smallest absolute Gasteiger partial charge is 0.289 e. The molecule has 3 rings (SSSR count). The van der Waals surface area contributed by atoms with Crippen LogP contribution in [0.2, 0.25) is 5.02 Å². The van der Waals surface area contributed by atoms with E-state index in [0.717, 1.165) is 31.2 Å². The molecule has 0 bridgehead atoms. The fourth-order valence-electron chi connectivity index (χ4n) is 2.94. The summed E-state index contributed by atoms with van der Waals surface area (Å²) < 4.78 is 5.96. The first-order valence-electron chi connectivity index (χ1n) is 8.51. The Kier molecular flexibility index (Phi) is 5.69. The minimum absolute atomic E-state index is 0.0720. The fourth-order valence-corrected chi connectivity index (χ4v) is 3.15. The lowest BCUT2D eigenvalue weighted by Gasteiger charge is -2.29. The predicted molar refractivity (Wildman–Crippen MR) is 97.1 cm³/mol. The summed E-state index contributed by atoms with van der Waals surface area (Å²) in [6, 6.07) is 7.21. The largest absolute Gasteiger partial charge is 0.490 e. The van der Waals surface area contributed by atoms with Gasteiger partial charge in [0.1, 0.15) is 11.8 Å². The lowest BCUT2D eigenvalue weighted by molar-refractivity contribution is 0.0883. The number of rotatable bonds is 4. The predicted octanol–water partition coefficient (Wildman–Crippen LogP) is 3.43. The molecule has 1 saturated carbocycles. The SMILES string of the molecule is Cc1cnc(C(=O)N[C@H]2CC[C@H](Oc3ccc(C#N)c(Cl)c3)CC2)nc1. The van der Waals surface area contributed by atoms with Gasteiger partial charge in [0.25, 0.3) is 5.91 Å². The van der Waals surface area contributed by atoms with Crippen LogP contribution in [0.5, 0.6) is 5.75 Å². The van der Waals surface area contributed by atoms with Crippen molar-refractivity contribution in [3.05, 3.63) is 52.6 Å². The van der Waals surface area contributed by atoms with E-state index in [0.29, 0.717) is 16.3 Å². The van der Waals surface area contributed by atoms with Gasteiger partial charge in [-0.25, -0.2) is 9.97 Å². The van der Waals surface area contributed by atoms with E-state index in [1.807, 2.05) is 13.0 Å². The molecule has 1 aromatic heterocycles. The standard InChI is InChI=1S/C19H19ClN4O2/c1-12-10-22-18(23-11-12)19(25)24-14-3-6-15(7-4-14)26-16-5-2-13(9-21)17(20)8-16/h2,5,8,10-11,14-15H,3-4,6-7H2,1H3,(H,24,25)/t14-,15-. The van der Waals surface area contributed by atoms with E-state index in [1.54, 1.807) is 30.6 Å². The minimum Gasteiger partial charge on any atom is -0.490 e. The Morgan fingerprint density at radius 2 is 1.96 bits per heavy atom. The van der Waals surface area contributed by atoms with Crippen LogP contribution < -0.4 is 10.1 Å². The van der Waals surface area contributed by atoms with Gasteiger partial charge in [0.2, 0.25) is 5.82 Å². The van der Waals surface area contributed by atoms with Gasteiger partial charge in [-0.05, 0) is 50.3 Å². The molecule has 0 atom stereocenters. The van der Waals surface area contributed by atoms with Gasteiger partial charge < -0.3 is 10.1 Å². The third-order valence-electron chi connectivity index (χ3n) is 4.36. The molecule has 1 amide bonds. The molecule has 0 spiro atoms. The topological polar surface area (TPSA) is 87.9 Å². The number of ether oxygens (including phenoxy) is 1. The van der Waals surface area contributed by atoms with Gasteiger partial charge in [0.15, 0.2) is 0 Å². The second kappa shape index (κ2) is 8.15. The van der Waals surface area contributed by atoms with Gasteiger partial charge in [-0.1, -0.05) is 11.6 Å². The monoisotopic (exact) mass is 370 g/mol. The van der Waals surface area contributed by atoms with Crippen LogP contribution in [0, 0.1) is 18.3 Å². The van der Waals surface area contributed by atoms with Crippen LogP contribution in [0.4, 0.5) is 0 Å². The number of halogens is 1. The second-order valence-electron chi connectivity index (χ2n) is 6.40. The van der Waals surface area contributed by atoms with Crippen molar-refractivity contribution in [2.24, 2.45) is 0 Å². The van der Waals surface area contributed by atoms with Gasteiger partial charge in [-0.3, -0.25) is 4.79 Å². The van der Waals surface area contributed by atoms with E-state index in [-0.39, 0.29) is 23.9 Å². The summed E-state index contributed by atoms with van der Waals surface area (Å²) in [7, 11) is 0. The van der Waals surface area contributed by atoms with Crippen LogP contribution in [0.3, 0.4) is 0 Å². The summed E-state index contributed by atoms with van der Waals surface area (Å²) in [4.78, 5) is 20.3. The number of aryl methyl sites for hydroxylation is 1. The van der Waals surface area contributed by atoms with Gasteiger partial charge in [-0.15, -0.1) is 0 Å². The van der Waals surface area contributed by atoms with E-state index in [9.17, 15) is 4.79 Å². The molecule has 0 unspecified atom stereocenters. The van der Waals surface area contributed by atoms with Crippen LogP contribution in [0.15, 0.2) is 30.6 Å². The number of benzene rings is 1. The highest BCUT2D eigenvalue weighted by molar-refractivity contribution is 6.31. The van der Waals surface area contributed by atoms with Gasteiger partial charge in [0.05, 0.1) is 16.7 Å². The molecule has 26 heavy (non-hydrogen) atoms. The zero-order chi connectivity index (χ0) is 18.5. The third-order valence-corrected chi connectivity index (χ3v) is 4.67. The van der Waals surface area contributed by atoms with Crippen molar-refractivity contribution >= 4 is 17.5 Å². The highest BCUT2D eigenvalue weighted by Gasteiger charge is 2.24. The van der Waals surface area contributed by atoms with E-state index in [2.05, 4.69) is 15.3 Å². The normalized spacial score (nSPS) is 19.4. The maximum atomic E-state index is 12.2. The molecule has 1 aromatic carbocycles. The number of aromatic nitrogens is 2. The van der Waals surface area contributed by atoms with Crippen molar-refractivity contribution in [1.29, 1.82) is 5.26 Å². The lowest BCUT2D eigenvalue weighted by atomic mass is 9.93. The summed E-state index contributed by atoms with van der Waals surface area (Å²) in [6.45, 7) is 1.88. The molecule has 0 saturated heterocycles. The Labute approximate surface area is 157 Å². The van der Waals surface area contributed by atoms with Crippen LogP contribution in [0.1, 0.15) is 47.4 Å².